The van der Waals surface area contributed by atoms with Gasteiger partial charge in [0.2, 0.25) is 12.2 Å². The second-order valence-corrected chi connectivity index (χ2v) is 18.8. The lowest BCUT2D eigenvalue weighted by molar-refractivity contribution is 0.0517. The molecule has 4 rings (SSSR count). The van der Waals surface area contributed by atoms with Crippen LogP contribution in [-0.2, 0) is 29.2 Å². The lowest BCUT2D eigenvalue weighted by Gasteiger charge is -2.46. The second kappa shape index (κ2) is 12.3. The highest BCUT2D eigenvalue weighted by Crippen LogP contribution is 2.49. The monoisotopic (exact) mass is 640 g/mol. The molecule has 1 aromatic heterocycles. The van der Waals surface area contributed by atoms with Crippen LogP contribution < -0.4 is 22.8 Å². The summed E-state index contributed by atoms with van der Waals surface area (Å²) in [5.74, 6) is 0. The molecule has 3 aliphatic carbocycles. The standard InChI is InChI=1S/C35H56N6O5/c1-30(2)10-24(36)11-33(7,16-30)19-39-27(44)40(20-34(8)14-25(37-22-42)12-31(3,4)17-34)29(46)41(28(39)45)21-35(9)15-26(38-23-43)13-32(5,6)18-35/h24-26H,10-21,36H2,1-9H3. The minimum absolute atomic E-state index is 0.0602. The van der Waals surface area contributed by atoms with Crippen molar-refractivity contribution in [2.24, 2.45) is 48.2 Å². The number of aromatic nitrogens is 3. The minimum atomic E-state index is -0.628. The third-order valence-corrected chi connectivity index (χ3v) is 10.8. The van der Waals surface area contributed by atoms with Crippen molar-refractivity contribution in [2.75, 3.05) is 0 Å². The molecule has 11 nitrogen and oxygen atoms in total. The molecule has 0 saturated heterocycles. The van der Waals surface area contributed by atoms with Crippen LogP contribution in [0.15, 0.2) is 24.4 Å². The van der Waals surface area contributed by atoms with Crippen LogP contribution in [0.5, 0.6) is 0 Å². The molecule has 0 bridgehead atoms. The van der Waals surface area contributed by atoms with Gasteiger partial charge >= 0.3 is 17.1 Å². The predicted molar refractivity (Wildman–Crippen MR) is 178 cm³/mol. The molecular formula is C35H56N6O5. The highest BCUT2D eigenvalue weighted by molar-refractivity contribution is 5.34. The van der Waals surface area contributed by atoms with Crippen LogP contribution in [0.25, 0.3) is 0 Å². The maximum Gasteiger partial charge on any atom is 0.336 e. The quantitative estimate of drug-likeness (QED) is 0.325. The van der Waals surface area contributed by atoms with Gasteiger partial charge in [-0.15, -0.1) is 0 Å². The molecule has 256 valence electrons. The fourth-order valence-corrected chi connectivity index (χ4v) is 10.8. The lowest BCUT2D eigenvalue weighted by Crippen LogP contribution is -2.59. The van der Waals surface area contributed by atoms with Crippen molar-refractivity contribution in [3.8, 4) is 0 Å². The summed E-state index contributed by atoms with van der Waals surface area (Å²) in [6, 6.07) is -0.591. The van der Waals surface area contributed by atoms with Gasteiger partial charge in [-0.1, -0.05) is 62.3 Å². The zero-order valence-corrected chi connectivity index (χ0v) is 29.6. The summed E-state index contributed by atoms with van der Waals surface area (Å²) in [5, 5.41) is 0. The van der Waals surface area contributed by atoms with Crippen molar-refractivity contribution >= 4 is 12.2 Å². The van der Waals surface area contributed by atoms with Gasteiger partial charge in [0.05, 0.1) is 12.1 Å². The average Bonchev–Trinajstić information content (AvgIpc) is 2.84. The number of nitrogens with zero attached hydrogens (tertiary/aromatic N) is 5. The molecular weight excluding hydrogens is 584 g/mol. The smallest absolute Gasteiger partial charge is 0.328 e. The topological polar surface area (TPSA) is 151 Å². The molecule has 11 heteroatoms. The van der Waals surface area contributed by atoms with Crippen molar-refractivity contribution < 1.29 is 9.59 Å². The van der Waals surface area contributed by atoms with Crippen LogP contribution in [0, 0.1) is 32.5 Å². The average molecular weight is 641 g/mol. The Morgan fingerprint density at radius 3 is 1.17 bits per heavy atom. The Balaban J connectivity index is 1.87. The van der Waals surface area contributed by atoms with Crippen molar-refractivity contribution in [2.45, 2.75) is 158 Å². The van der Waals surface area contributed by atoms with Crippen molar-refractivity contribution in [3.63, 3.8) is 0 Å². The van der Waals surface area contributed by atoms with Gasteiger partial charge < -0.3 is 5.73 Å². The summed E-state index contributed by atoms with van der Waals surface area (Å²) in [6.45, 7) is 19.3. The molecule has 6 atom stereocenters. The minimum Gasteiger partial charge on any atom is -0.328 e. The first kappa shape index (κ1) is 36.0. The summed E-state index contributed by atoms with van der Waals surface area (Å²) in [6.07, 6.45) is 9.62. The van der Waals surface area contributed by atoms with E-state index < -0.39 is 33.3 Å². The van der Waals surface area contributed by atoms with Crippen LogP contribution in [0.1, 0.15) is 120 Å². The van der Waals surface area contributed by atoms with E-state index in [1.54, 1.807) is 12.2 Å². The Morgan fingerprint density at radius 1 is 0.565 bits per heavy atom. The van der Waals surface area contributed by atoms with Crippen LogP contribution in [0.4, 0.5) is 0 Å². The third kappa shape index (κ3) is 8.15. The van der Waals surface area contributed by atoms with E-state index in [0.717, 1.165) is 12.8 Å². The van der Waals surface area contributed by atoms with E-state index >= 15 is 0 Å². The highest BCUT2D eigenvalue weighted by atomic mass is 16.2. The number of nitrogens with two attached hydrogens (primary N) is 1. The van der Waals surface area contributed by atoms with Gasteiger partial charge in [0.1, 0.15) is 0 Å². The molecule has 0 aromatic carbocycles. The molecule has 1 aromatic rings. The van der Waals surface area contributed by atoms with E-state index in [1.165, 1.54) is 13.7 Å². The predicted octanol–water partition coefficient (Wildman–Crippen LogP) is 4.56. The summed E-state index contributed by atoms with van der Waals surface area (Å²) in [7, 11) is 0. The Bertz CT molecular complexity index is 1510. The maximum atomic E-state index is 14.4. The molecule has 1 heterocycles. The normalized spacial score (nSPS) is 35.0. The van der Waals surface area contributed by atoms with E-state index in [0.29, 0.717) is 44.9 Å². The van der Waals surface area contributed by atoms with Gasteiger partial charge in [-0.05, 0) is 90.3 Å². The van der Waals surface area contributed by atoms with Crippen molar-refractivity contribution in [1.29, 1.82) is 0 Å². The Morgan fingerprint density at radius 2 is 0.870 bits per heavy atom. The van der Waals surface area contributed by atoms with Gasteiger partial charge in [-0.3, -0.25) is 0 Å². The fraction of sp³-hybridized carbons (Fsp3) is 0.857. The maximum absolute atomic E-state index is 14.4. The molecule has 2 N–H and O–H groups in total. The summed E-state index contributed by atoms with van der Waals surface area (Å²) < 4.78 is 3.77. The Kier molecular flexibility index (Phi) is 9.62. The molecule has 0 spiro atoms. The third-order valence-electron chi connectivity index (χ3n) is 10.8. The summed E-state index contributed by atoms with van der Waals surface area (Å²) >= 11 is 0. The first-order valence-corrected chi connectivity index (χ1v) is 16.9. The number of carbonyl (C=O) groups excluding carboxylic acids is 2. The van der Waals surface area contributed by atoms with E-state index in [-0.39, 0.29) is 54.0 Å². The van der Waals surface area contributed by atoms with Gasteiger partial charge in [0.15, 0.2) is 0 Å². The molecule has 0 amide bonds. The highest BCUT2D eigenvalue weighted by Gasteiger charge is 2.45. The van der Waals surface area contributed by atoms with E-state index in [9.17, 15) is 24.0 Å². The Hall–Kier alpha value is -2.87. The lowest BCUT2D eigenvalue weighted by atomic mass is 9.62. The molecule has 3 fully saturated rings. The largest absolute Gasteiger partial charge is 0.336 e. The fourth-order valence-electron chi connectivity index (χ4n) is 10.8. The number of isocyanates is 2. The number of hydrogen-bond acceptors (Lipinski definition) is 8. The molecule has 3 aliphatic rings. The number of rotatable bonds is 8. The van der Waals surface area contributed by atoms with Crippen molar-refractivity contribution in [3.05, 3.63) is 31.5 Å². The van der Waals surface area contributed by atoms with Gasteiger partial charge in [0, 0.05) is 25.7 Å². The van der Waals surface area contributed by atoms with E-state index in [1.807, 2.05) is 13.8 Å². The number of aliphatic imine (C=N–C) groups is 2. The van der Waals surface area contributed by atoms with Gasteiger partial charge in [-0.2, -0.15) is 0 Å². The Labute approximate surface area is 272 Å². The molecule has 0 radical (unpaired) electrons. The SMILES string of the molecule is CC1(C)CC(N)CC(C)(Cn2c(=O)n(CC3(C)CC(N=C=O)CC(C)(C)C3)c(=O)n(CC3(C)CC(N=C=O)CC(C)(C)C3)c2=O)C1. The molecule has 0 aliphatic heterocycles. The molecule has 46 heavy (non-hydrogen) atoms. The van der Waals surface area contributed by atoms with Crippen LogP contribution >= 0.6 is 0 Å². The number of hydrogen-bond donors (Lipinski definition) is 1. The summed E-state index contributed by atoms with van der Waals surface area (Å²) in [4.78, 5) is 73.7. The molecule has 3 saturated carbocycles. The van der Waals surface area contributed by atoms with Gasteiger partial charge in [0.25, 0.3) is 0 Å². The van der Waals surface area contributed by atoms with E-state index in [2.05, 4.69) is 58.5 Å². The zero-order chi connectivity index (χ0) is 34.5. The summed E-state index contributed by atoms with van der Waals surface area (Å²) in [5.41, 5.74) is 2.75. The first-order chi connectivity index (χ1) is 21.0. The van der Waals surface area contributed by atoms with Crippen LogP contribution in [0.3, 0.4) is 0 Å². The first-order valence-electron chi connectivity index (χ1n) is 16.9. The van der Waals surface area contributed by atoms with Crippen LogP contribution in [0.2, 0.25) is 0 Å². The van der Waals surface area contributed by atoms with E-state index in [4.69, 9.17) is 5.73 Å². The van der Waals surface area contributed by atoms with Crippen molar-refractivity contribution in [1.82, 2.24) is 13.7 Å². The molecule has 6 unspecified atom stereocenters. The van der Waals surface area contributed by atoms with Gasteiger partial charge in [-0.25, -0.2) is 47.7 Å². The second-order valence-electron chi connectivity index (χ2n) is 18.8. The zero-order valence-electron chi connectivity index (χ0n) is 29.6. The van der Waals surface area contributed by atoms with Crippen LogP contribution in [-0.4, -0.2) is 44.0 Å².